The first-order chi connectivity index (χ1) is 8.51. The third kappa shape index (κ3) is 3.67. The molecule has 1 aromatic rings. The lowest BCUT2D eigenvalue weighted by atomic mass is 10.4. The van der Waals surface area contributed by atoms with Crippen LogP contribution in [0.2, 0.25) is 0 Å². The maximum atomic E-state index is 11.9. The molecule has 7 nitrogen and oxygen atoms in total. The van der Waals surface area contributed by atoms with Gasteiger partial charge in [0.15, 0.2) is 5.03 Å². The van der Waals surface area contributed by atoms with E-state index in [9.17, 15) is 13.2 Å². The summed E-state index contributed by atoms with van der Waals surface area (Å²) in [6.45, 7) is 1.89. The lowest BCUT2D eigenvalue weighted by Gasteiger charge is -2.09. The number of hydrogen-bond donors (Lipinski definition) is 3. The number of likely N-dealkylation sites (N-methyl/N-ethyl adjacent to an activating group) is 1. The SMILES string of the molecule is CCNC(=O)CNS(=O)(=O)c1ncccc1NC. The highest BCUT2D eigenvalue weighted by Crippen LogP contribution is 2.16. The first kappa shape index (κ1) is 14.4. The van der Waals surface area contributed by atoms with E-state index in [2.05, 4.69) is 20.3 Å². The number of pyridine rings is 1. The number of nitrogens with one attached hydrogen (secondary N) is 3. The standard InChI is InChI=1S/C10H16N4O3S/c1-3-12-9(15)7-14-18(16,17)10-8(11-2)5-4-6-13-10/h4-6,11,14H,3,7H2,1-2H3,(H,12,15). The van der Waals surface area contributed by atoms with Crippen molar-refractivity contribution in [3.8, 4) is 0 Å². The molecule has 0 atom stereocenters. The summed E-state index contributed by atoms with van der Waals surface area (Å²) in [6, 6.07) is 3.21. The van der Waals surface area contributed by atoms with E-state index in [0.29, 0.717) is 12.2 Å². The number of nitrogens with zero attached hydrogens (tertiary/aromatic N) is 1. The topological polar surface area (TPSA) is 100 Å². The van der Waals surface area contributed by atoms with Crippen LogP contribution in [0.15, 0.2) is 23.4 Å². The van der Waals surface area contributed by atoms with E-state index < -0.39 is 10.0 Å². The second kappa shape index (κ2) is 6.31. The Balaban J connectivity index is 2.83. The van der Waals surface area contributed by atoms with Crippen LogP contribution in [0.3, 0.4) is 0 Å². The highest BCUT2D eigenvalue weighted by Gasteiger charge is 2.20. The summed E-state index contributed by atoms with van der Waals surface area (Å²) >= 11 is 0. The first-order valence-electron chi connectivity index (χ1n) is 5.40. The Morgan fingerprint density at radius 3 is 2.78 bits per heavy atom. The van der Waals surface area contributed by atoms with Gasteiger partial charge in [-0.15, -0.1) is 0 Å². The second-order valence-corrected chi connectivity index (χ2v) is 5.07. The Bertz CT molecular complexity index is 516. The number of carbonyl (C=O) groups is 1. The van der Waals surface area contributed by atoms with Crippen molar-refractivity contribution in [2.24, 2.45) is 0 Å². The third-order valence-corrected chi connectivity index (χ3v) is 3.45. The first-order valence-corrected chi connectivity index (χ1v) is 6.88. The molecule has 0 radical (unpaired) electrons. The molecule has 0 saturated heterocycles. The average molecular weight is 272 g/mol. The maximum absolute atomic E-state index is 11.9. The number of aromatic nitrogens is 1. The fourth-order valence-electron chi connectivity index (χ4n) is 1.28. The quantitative estimate of drug-likeness (QED) is 0.650. The minimum Gasteiger partial charge on any atom is -0.386 e. The molecule has 0 fully saturated rings. The lowest BCUT2D eigenvalue weighted by Crippen LogP contribution is -2.37. The Hall–Kier alpha value is -1.67. The van der Waals surface area contributed by atoms with E-state index in [1.807, 2.05) is 0 Å². The molecule has 1 rings (SSSR count). The number of anilines is 1. The minimum atomic E-state index is -3.80. The van der Waals surface area contributed by atoms with Crippen molar-refractivity contribution >= 4 is 21.6 Å². The Morgan fingerprint density at radius 1 is 1.44 bits per heavy atom. The molecule has 3 N–H and O–H groups in total. The van der Waals surface area contributed by atoms with Crippen molar-refractivity contribution in [1.82, 2.24) is 15.0 Å². The van der Waals surface area contributed by atoms with Gasteiger partial charge in [0.25, 0.3) is 10.0 Å². The Labute approximate surface area is 106 Å². The van der Waals surface area contributed by atoms with Gasteiger partial charge in [0.05, 0.1) is 12.2 Å². The molecular weight excluding hydrogens is 256 g/mol. The predicted molar refractivity (Wildman–Crippen MR) is 67.7 cm³/mol. The second-order valence-electron chi connectivity index (χ2n) is 3.38. The molecule has 1 amide bonds. The number of sulfonamides is 1. The van der Waals surface area contributed by atoms with Crippen LogP contribution in [-0.2, 0) is 14.8 Å². The largest absolute Gasteiger partial charge is 0.386 e. The van der Waals surface area contributed by atoms with Crippen LogP contribution in [0.4, 0.5) is 5.69 Å². The number of rotatable bonds is 6. The van der Waals surface area contributed by atoms with Crippen LogP contribution in [0.1, 0.15) is 6.92 Å². The van der Waals surface area contributed by atoms with Gasteiger partial charge in [-0.05, 0) is 19.1 Å². The van der Waals surface area contributed by atoms with Gasteiger partial charge in [-0.1, -0.05) is 0 Å². The van der Waals surface area contributed by atoms with Gasteiger partial charge < -0.3 is 10.6 Å². The number of amides is 1. The summed E-state index contributed by atoms with van der Waals surface area (Å²) in [5.41, 5.74) is 0.376. The number of carbonyl (C=O) groups excluding carboxylic acids is 1. The van der Waals surface area contributed by atoms with Gasteiger partial charge in [0, 0.05) is 19.8 Å². The van der Waals surface area contributed by atoms with Crippen LogP contribution in [0, 0.1) is 0 Å². The molecule has 1 aromatic heterocycles. The summed E-state index contributed by atoms with van der Waals surface area (Å²) in [5, 5.41) is 5.10. The van der Waals surface area contributed by atoms with Crippen LogP contribution < -0.4 is 15.4 Å². The molecular formula is C10H16N4O3S. The van der Waals surface area contributed by atoms with Gasteiger partial charge in [-0.3, -0.25) is 4.79 Å². The van der Waals surface area contributed by atoms with Crippen LogP contribution in [0.25, 0.3) is 0 Å². The zero-order valence-electron chi connectivity index (χ0n) is 10.2. The summed E-state index contributed by atoms with van der Waals surface area (Å²) in [5.74, 6) is -0.386. The molecule has 8 heteroatoms. The Morgan fingerprint density at radius 2 is 2.17 bits per heavy atom. The van der Waals surface area contributed by atoms with Crippen LogP contribution >= 0.6 is 0 Å². The molecule has 0 saturated carbocycles. The minimum absolute atomic E-state index is 0.128. The molecule has 1 heterocycles. The van der Waals surface area contributed by atoms with Gasteiger partial charge in [0.1, 0.15) is 0 Å². The predicted octanol–water partition coefficient (Wildman–Crippen LogP) is -0.462. The average Bonchev–Trinajstić information content (AvgIpc) is 2.37. The number of hydrogen-bond acceptors (Lipinski definition) is 5. The van der Waals surface area contributed by atoms with Crippen molar-refractivity contribution in [2.75, 3.05) is 25.5 Å². The van der Waals surface area contributed by atoms with Crippen molar-refractivity contribution in [2.45, 2.75) is 11.9 Å². The van der Waals surface area contributed by atoms with E-state index in [-0.39, 0.29) is 17.5 Å². The van der Waals surface area contributed by atoms with Crippen molar-refractivity contribution in [3.63, 3.8) is 0 Å². The molecule has 0 aromatic carbocycles. The van der Waals surface area contributed by atoms with Gasteiger partial charge in [-0.2, -0.15) is 0 Å². The molecule has 100 valence electrons. The lowest BCUT2D eigenvalue weighted by molar-refractivity contribution is -0.119. The normalized spacial score (nSPS) is 11.0. The molecule has 0 aliphatic rings. The van der Waals surface area contributed by atoms with E-state index in [4.69, 9.17) is 0 Å². The fraction of sp³-hybridized carbons (Fsp3) is 0.400. The third-order valence-electron chi connectivity index (χ3n) is 2.09. The molecule has 0 unspecified atom stereocenters. The van der Waals surface area contributed by atoms with Crippen LogP contribution in [0.5, 0.6) is 0 Å². The van der Waals surface area contributed by atoms with Gasteiger partial charge in [-0.25, -0.2) is 18.1 Å². The van der Waals surface area contributed by atoms with Crippen molar-refractivity contribution in [3.05, 3.63) is 18.3 Å². The van der Waals surface area contributed by atoms with Crippen molar-refractivity contribution in [1.29, 1.82) is 0 Å². The van der Waals surface area contributed by atoms with Gasteiger partial charge in [0.2, 0.25) is 5.91 Å². The highest BCUT2D eigenvalue weighted by atomic mass is 32.2. The summed E-state index contributed by atoms with van der Waals surface area (Å²) in [4.78, 5) is 15.0. The zero-order chi connectivity index (χ0) is 13.6. The monoisotopic (exact) mass is 272 g/mol. The summed E-state index contributed by atoms with van der Waals surface area (Å²) in [6.07, 6.45) is 1.38. The summed E-state index contributed by atoms with van der Waals surface area (Å²) < 4.78 is 26.0. The molecule has 0 spiro atoms. The van der Waals surface area contributed by atoms with Gasteiger partial charge >= 0.3 is 0 Å². The molecule has 0 bridgehead atoms. The smallest absolute Gasteiger partial charge is 0.260 e. The molecule has 18 heavy (non-hydrogen) atoms. The molecule has 0 aliphatic carbocycles. The molecule has 0 aliphatic heterocycles. The Kier molecular flexibility index (Phi) is 5.05. The maximum Gasteiger partial charge on any atom is 0.260 e. The van der Waals surface area contributed by atoms with E-state index in [1.165, 1.54) is 6.20 Å². The van der Waals surface area contributed by atoms with E-state index in [1.54, 1.807) is 26.1 Å². The van der Waals surface area contributed by atoms with E-state index >= 15 is 0 Å². The van der Waals surface area contributed by atoms with Crippen LogP contribution in [-0.4, -0.2) is 39.4 Å². The highest BCUT2D eigenvalue weighted by molar-refractivity contribution is 7.89. The summed E-state index contributed by atoms with van der Waals surface area (Å²) in [7, 11) is -2.20. The van der Waals surface area contributed by atoms with Crippen molar-refractivity contribution < 1.29 is 13.2 Å². The van der Waals surface area contributed by atoms with E-state index in [0.717, 1.165) is 0 Å². The fourth-order valence-corrected chi connectivity index (χ4v) is 2.40. The zero-order valence-corrected chi connectivity index (χ0v) is 11.0.